The SMILES string of the molecule is CC/C=C\C/C=C\C/C=C\C/C=C\CCCCCCCCCCCCCCCCC(=O)OCC(COC(=O)CCCCCCC/C=C\CCC)OC(=O)CCCCCCCCC/C=C\C/C=C\CCCCCC. The fourth-order valence-electron chi connectivity index (χ4n) is 8.70. The predicted octanol–water partition coefficient (Wildman–Crippen LogP) is 21.1. The third kappa shape index (κ3) is 59.3. The van der Waals surface area contributed by atoms with E-state index < -0.39 is 6.10 Å². The first-order valence-corrected chi connectivity index (χ1v) is 31.1. The van der Waals surface area contributed by atoms with Crippen LogP contribution in [0.15, 0.2) is 85.1 Å². The Morgan fingerprint density at radius 2 is 0.562 bits per heavy atom. The van der Waals surface area contributed by atoms with Crippen molar-refractivity contribution in [2.75, 3.05) is 13.2 Å². The van der Waals surface area contributed by atoms with Crippen molar-refractivity contribution < 1.29 is 28.6 Å². The molecule has 0 amide bonds. The summed E-state index contributed by atoms with van der Waals surface area (Å²) in [5, 5.41) is 0. The van der Waals surface area contributed by atoms with Crippen molar-refractivity contribution in [3.8, 4) is 0 Å². The molecular formula is C67H116O6. The Labute approximate surface area is 452 Å². The second-order valence-corrected chi connectivity index (χ2v) is 20.6. The minimum absolute atomic E-state index is 0.0811. The summed E-state index contributed by atoms with van der Waals surface area (Å²) < 4.78 is 16.9. The van der Waals surface area contributed by atoms with Crippen molar-refractivity contribution in [1.82, 2.24) is 0 Å². The van der Waals surface area contributed by atoms with Crippen molar-refractivity contribution >= 4 is 17.9 Å². The Kier molecular flexibility index (Phi) is 58.3. The lowest BCUT2D eigenvalue weighted by Gasteiger charge is -2.18. The molecule has 0 saturated heterocycles. The van der Waals surface area contributed by atoms with E-state index in [1.165, 1.54) is 154 Å². The number of carbonyl (C=O) groups excluding carboxylic acids is 3. The van der Waals surface area contributed by atoms with Crippen LogP contribution in [0.1, 0.15) is 303 Å². The Bertz CT molecular complexity index is 1400. The normalized spacial score (nSPS) is 12.6. The van der Waals surface area contributed by atoms with E-state index in [4.69, 9.17) is 14.2 Å². The van der Waals surface area contributed by atoms with Gasteiger partial charge in [-0.05, 0) is 109 Å². The predicted molar refractivity (Wildman–Crippen MR) is 316 cm³/mol. The second kappa shape index (κ2) is 61.1. The molecule has 0 aromatic heterocycles. The van der Waals surface area contributed by atoms with Crippen LogP contribution < -0.4 is 0 Å². The molecule has 0 aliphatic rings. The number of carbonyl (C=O) groups is 3. The highest BCUT2D eigenvalue weighted by atomic mass is 16.6. The summed E-state index contributed by atoms with van der Waals surface area (Å²) in [7, 11) is 0. The first-order valence-electron chi connectivity index (χ1n) is 31.1. The number of hydrogen-bond donors (Lipinski definition) is 0. The molecule has 0 N–H and O–H groups in total. The van der Waals surface area contributed by atoms with Gasteiger partial charge in [-0.3, -0.25) is 14.4 Å². The standard InChI is InChI=1S/C67H116O6/c1-4-7-10-13-16-19-22-24-26-28-30-31-32-33-34-35-36-37-38-40-41-43-45-48-51-54-57-60-66(69)72-63-64(62-71-65(68)59-56-53-50-47-21-18-15-12-9-6-3)73-67(70)61-58-55-52-49-46-44-42-39-29-27-25-23-20-17-14-11-8-5-2/h7,10,12,15-16,19-20,23-24,26-27,29-31,64H,4-6,8-9,11,13-14,17-18,21-22,25,28,32-63H2,1-3H3/b10-7-,15-12-,19-16-,23-20-,26-24-,29-27-,31-30-. The number of unbranched alkanes of at least 4 members (excludes halogenated alkanes) is 31. The van der Waals surface area contributed by atoms with Crippen LogP contribution in [0.3, 0.4) is 0 Å². The highest BCUT2D eigenvalue weighted by Gasteiger charge is 2.19. The first-order chi connectivity index (χ1) is 36.0. The lowest BCUT2D eigenvalue weighted by atomic mass is 10.0. The molecule has 0 spiro atoms. The molecule has 420 valence electrons. The smallest absolute Gasteiger partial charge is 0.306 e. The quantitative estimate of drug-likeness (QED) is 0.0261. The molecule has 0 aliphatic heterocycles. The number of allylic oxidation sites excluding steroid dienone is 14. The monoisotopic (exact) mass is 1020 g/mol. The van der Waals surface area contributed by atoms with E-state index in [-0.39, 0.29) is 31.1 Å². The molecule has 1 unspecified atom stereocenters. The first kappa shape index (κ1) is 69.6. The molecule has 0 rings (SSSR count). The van der Waals surface area contributed by atoms with Crippen LogP contribution in [0, 0.1) is 0 Å². The van der Waals surface area contributed by atoms with Crippen LogP contribution in [-0.4, -0.2) is 37.2 Å². The van der Waals surface area contributed by atoms with E-state index in [1.54, 1.807) is 0 Å². The summed E-state index contributed by atoms with van der Waals surface area (Å²) >= 11 is 0. The number of hydrogen-bond acceptors (Lipinski definition) is 6. The molecule has 0 bridgehead atoms. The van der Waals surface area contributed by atoms with E-state index in [2.05, 4.69) is 106 Å². The zero-order chi connectivity index (χ0) is 52.9. The van der Waals surface area contributed by atoms with Gasteiger partial charge < -0.3 is 14.2 Å². The Balaban J connectivity index is 4.22. The molecule has 0 saturated carbocycles. The summed E-state index contributed by atoms with van der Waals surface area (Å²) in [6, 6.07) is 0. The van der Waals surface area contributed by atoms with Crippen molar-refractivity contribution in [3.63, 3.8) is 0 Å². The molecule has 6 heteroatoms. The van der Waals surface area contributed by atoms with Gasteiger partial charge in [-0.25, -0.2) is 0 Å². The maximum absolute atomic E-state index is 12.9. The molecule has 0 aromatic rings. The number of esters is 3. The number of ether oxygens (including phenoxy) is 3. The summed E-state index contributed by atoms with van der Waals surface area (Å²) in [6.07, 6.45) is 80.2. The van der Waals surface area contributed by atoms with Crippen LogP contribution >= 0.6 is 0 Å². The Morgan fingerprint density at radius 3 is 0.904 bits per heavy atom. The van der Waals surface area contributed by atoms with E-state index in [1.807, 2.05) is 0 Å². The minimum Gasteiger partial charge on any atom is -0.462 e. The molecule has 0 aromatic carbocycles. The van der Waals surface area contributed by atoms with Crippen molar-refractivity contribution in [2.45, 2.75) is 309 Å². The largest absolute Gasteiger partial charge is 0.462 e. The maximum Gasteiger partial charge on any atom is 0.306 e. The highest BCUT2D eigenvalue weighted by Crippen LogP contribution is 2.16. The third-order valence-corrected chi connectivity index (χ3v) is 13.3. The summed E-state index contributed by atoms with van der Waals surface area (Å²) in [4.78, 5) is 38.2. The van der Waals surface area contributed by atoms with E-state index in [0.717, 1.165) is 109 Å². The van der Waals surface area contributed by atoms with Crippen LogP contribution in [0.5, 0.6) is 0 Å². The molecule has 0 fully saturated rings. The van der Waals surface area contributed by atoms with Gasteiger partial charge in [0.1, 0.15) is 13.2 Å². The van der Waals surface area contributed by atoms with Gasteiger partial charge in [0.05, 0.1) is 0 Å². The Hall–Kier alpha value is -3.41. The lowest BCUT2D eigenvalue weighted by molar-refractivity contribution is -0.167. The average molecular weight is 1020 g/mol. The molecule has 1 atom stereocenters. The topological polar surface area (TPSA) is 78.9 Å². The fraction of sp³-hybridized carbons (Fsp3) is 0.746. The van der Waals surface area contributed by atoms with Gasteiger partial charge in [0, 0.05) is 19.3 Å². The summed E-state index contributed by atoms with van der Waals surface area (Å²) in [5.41, 5.74) is 0. The van der Waals surface area contributed by atoms with Crippen molar-refractivity contribution in [1.29, 1.82) is 0 Å². The molecule has 6 nitrogen and oxygen atoms in total. The average Bonchev–Trinajstić information content (AvgIpc) is 3.39. The summed E-state index contributed by atoms with van der Waals surface area (Å²) in [6.45, 7) is 6.46. The Morgan fingerprint density at radius 1 is 0.288 bits per heavy atom. The third-order valence-electron chi connectivity index (χ3n) is 13.3. The van der Waals surface area contributed by atoms with Gasteiger partial charge in [-0.1, -0.05) is 260 Å². The van der Waals surface area contributed by atoms with Gasteiger partial charge >= 0.3 is 17.9 Å². The number of rotatable bonds is 56. The summed E-state index contributed by atoms with van der Waals surface area (Å²) in [5.74, 6) is -0.891. The molecule has 0 radical (unpaired) electrons. The van der Waals surface area contributed by atoms with Crippen molar-refractivity contribution in [3.05, 3.63) is 85.1 Å². The van der Waals surface area contributed by atoms with E-state index >= 15 is 0 Å². The van der Waals surface area contributed by atoms with Gasteiger partial charge in [0.15, 0.2) is 6.10 Å². The van der Waals surface area contributed by atoms with Gasteiger partial charge in [-0.15, -0.1) is 0 Å². The van der Waals surface area contributed by atoms with Crippen LogP contribution in [0.2, 0.25) is 0 Å². The van der Waals surface area contributed by atoms with Crippen molar-refractivity contribution in [2.24, 2.45) is 0 Å². The van der Waals surface area contributed by atoms with E-state index in [9.17, 15) is 14.4 Å². The van der Waals surface area contributed by atoms with Crippen LogP contribution in [0.4, 0.5) is 0 Å². The molecule has 0 heterocycles. The molecular weight excluding hydrogens is 901 g/mol. The lowest BCUT2D eigenvalue weighted by Crippen LogP contribution is -2.30. The van der Waals surface area contributed by atoms with Gasteiger partial charge in [-0.2, -0.15) is 0 Å². The van der Waals surface area contributed by atoms with Crippen LogP contribution in [0.25, 0.3) is 0 Å². The second-order valence-electron chi connectivity index (χ2n) is 20.6. The van der Waals surface area contributed by atoms with Gasteiger partial charge in [0.2, 0.25) is 0 Å². The van der Waals surface area contributed by atoms with Gasteiger partial charge in [0.25, 0.3) is 0 Å². The molecule has 73 heavy (non-hydrogen) atoms. The van der Waals surface area contributed by atoms with Crippen LogP contribution in [-0.2, 0) is 28.6 Å². The molecule has 0 aliphatic carbocycles. The zero-order valence-corrected chi connectivity index (χ0v) is 48.1. The van der Waals surface area contributed by atoms with E-state index in [0.29, 0.717) is 19.3 Å². The zero-order valence-electron chi connectivity index (χ0n) is 48.1. The maximum atomic E-state index is 12.9. The highest BCUT2D eigenvalue weighted by molar-refractivity contribution is 5.71. The fourth-order valence-corrected chi connectivity index (χ4v) is 8.70. The minimum atomic E-state index is -0.783.